The van der Waals surface area contributed by atoms with Crippen molar-refractivity contribution in [3.63, 3.8) is 0 Å². The van der Waals surface area contributed by atoms with E-state index in [0.29, 0.717) is 10.7 Å². The van der Waals surface area contributed by atoms with Crippen molar-refractivity contribution in [2.75, 3.05) is 11.9 Å². The van der Waals surface area contributed by atoms with Crippen molar-refractivity contribution in [1.29, 1.82) is 0 Å². The van der Waals surface area contributed by atoms with E-state index in [2.05, 4.69) is 10.0 Å². The summed E-state index contributed by atoms with van der Waals surface area (Å²) in [4.78, 5) is 24.0. The number of benzene rings is 2. The summed E-state index contributed by atoms with van der Waals surface area (Å²) in [6.07, 6.45) is 0.736. The first kappa shape index (κ1) is 21.9. The first-order chi connectivity index (χ1) is 13.2. The number of halogens is 1. The van der Waals surface area contributed by atoms with E-state index in [-0.39, 0.29) is 4.90 Å². The third-order valence-electron chi connectivity index (χ3n) is 3.83. The Morgan fingerprint density at radius 2 is 1.75 bits per heavy atom. The highest BCUT2D eigenvalue weighted by Gasteiger charge is 2.23. The van der Waals surface area contributed by atoms with Crippen LogP contribution >= 0.6 is 11.6 Å². The predicted molar refractivity (Wildman–Crippen MR) is 107 cm³/mol. The van der Waals surface area contributed by atoms with E-state index >= 15 is 0 Å². The van der Waals surface area contributed by atoms with Crippen LogP contribution in [0.15, 0.2) is 53.4 Å². The van der Waals surface area contributed by atoms with Crippen LogP contribution < -0.4 is 10.0 Å². The normalized spacial score (nSPS) is 12.2. The molecule has 0 unspecified atom stereocenters. The zero-order valence-corrected chi connectivity index (χ0v) is 17.0. The zero-order chi connectivity index (χ0) is 20.7. The van der Waals surface area contributed by atoms with Crippen LogP contribution in [0.2, 0.25) is 5.02 Å². The van der Waals surface area contributed by atoms with Gasteiger partial charge in [0.05, 0.1) is 4.90 Å². The number of hydrogen-bond donors (Lipinski definition) is 2. The molecule has 9 heteroatoms. The number of nitrogens with one attached hydrogen (secondary N) is 2. The molecule has 1 amide bonds. The fourth-order valence-electron chi connectivity index (χ4n) is 2.36. The van der Waals surface area contributed by atoms with Crippen LogP contribution in [0.25, 0.3) is 0 Å². The van der Waals surface area contributed by atoms with Gasteiger partial charge in [-0.15, -0.1) is 0 Å². The van der Waals surface area contributed by atoms with E-state index < -0.39 is 34.5 Å². The molecule has 0 radical (unpaired) electrons. The van der Waals surface area contributed by atoms with Gasteiger partial charge in [0, 0.05) is 10.7 Å². The lowest BCUT2D eigenvalue weighted by Gasteiger charge is -2.14. The van der Waals surface area contributed by atoms with Gasteiger partial charge in [-0.2, -0.15) is 4.72 Å². The van der Waals surface area contributed by atoms with Gasteiger partial charge in [-0.25, -0.2) is 8.42 Å². The molecule has 2 aromatic carbocycles. The van der Waals surface area contributed by atoms with Gasteiger partial charge in [0.1, 0.15) is 6.04 Å². The maximum absolute atomic E-state index is 12.3. The van der Waals surface area contributed by atoms with Crippen LogP contribution in [0, 0.1) is 0 Å². The first-order valence-corrected chi connectivity index (χ1v) is 10.4. The van der Waals surface area contributed by atoms with Crippen molar-refractivity contribution < 1.29 is 22.7 Å². The topological polar surface area (TPSA) is 102 Å². The van der Waals surface area contributed by atoms with Gasteiger partial charge >= 0.3 is 5.97 Å². The number of para-hydroxylation sites is 1. The molecule has 150 valence electrons. The minimum Gasteiger partial charge on any atom is -0.454 e. The maximum atomic E-state index is 12.3. The third-order valence-corrected chi connectivity index (χ3v) is 5.64. The molecule has 0 aromatic heterocycles. The Morgan fingerprint density at radius 1 is 1.11 bits per heavy atom. The number of carbonyl (C=O) groups excluding carboxylic acids is 2. The summed E-state index contributed by atoms with van der Waals surface area (Å²) in [5.41, 5.74) is 1.59. The smallest absolute Gasteiger partial charge is 0.324 e. The van der Waals surface area contributed by atoms with Crippen LogP contribution in [0.4, 0.5) is 5.69 Å². The molecule has 0 heterocycles. The first-order valence-electron chi connectivity index (χ1n) is 8.55. The van der Waals surface area contributed by atoms with Crippen LogP contribution in [0.1, 0.15) is 19.4 Å². The number of hydrogen-bond acceptors (Lipinski definition) is 5. The third kappa shape index (κ3) is 6.05. The van der Waals surface area contributed by atoms with E-state index in [1.54, 1.807) is 12.1 Å². The summed E-state index contributed by atoms with van der Waals surface area (Å²) in [6, 6.07) is 11.6. The summed E-state index contributed by atoms with van der Waals surface area (Å²) >= 11 is 5.74. The number of carbonyl (C=O) groups is 2. The summed E-state index contributed by atoms with van der Waals surface area (Å²) in [5.74, 6) is -1.38. The van der Waals surface area contributed by atoms with Crippen molar-refractivity contribution in [2.24, 2.45) is 0 Å². The van der Waals surface area contributed by atoms with Gasteiger partial charge in [-0.1, -0.05) is 36.7 Å². The predicted octanol–water partition coefficient (Wildman–Crippen LogP) is 2.75. The second-order valence-electron chi connectivity index (χ2n) is 5.96. The molecule has 28 heavy (non-hydrogen) atoms. The van der Waals surface area contributed by atoms with Crippen LogP contribution in [-0.4, -0.2) is 32.9 Å². The molecular formula is C19H21ClN2O5S. The molecule has 2 rings (SSSR count). The lowest BCUT2D eigenvalue weighted by Crippen LogP contribution is -2.40. The van der Waals surface area contributed by atoms with E-state index in [1.807, 2.05) is 19.1 Å². The number of aryl methyl sites for hydroxylation is 1. The Hall–Kier alpha value is -2.42. The van der Waals surface area contributed by atoms with Gasteiger partial charge in [-0.3, -0.25) is 9.59 Å². The molecule has 1 atom stereocenters. The second-order valence-corrected chi connectivity index (χ2v) is 8.11. The van der Waals surface area contributed by atoms with Crippen molar-refractivity contribution in [1.82, 2.24) is 4.72 Å². The molecule has 0 aliphatic heterocycles. The van der Waals surface area contributed by atoms with Gasteiger partial charge in [0.25, 0.3) is 5.91 Å². The number of amides is 1. The zero-order valence-electron chi connectivity index (χ0n) is 15.4. The van der Waals surface area contributed by atoms with E-state index in [4.69, 9.17) is 16.3 Å². The van der Waals surface area contributed by atoms with Crippen LogP contribution in [-0.2, 0) is 30.8 Å². The Labute approximate surface area is 169 Å². The highest BCUT2D eigenvalue weighted by atomic mass is 35.5. The van der Waals surface area contributed by atoms with E-state index in [1.165, 1.54) is 31.2 Å². The summed E-state index contributed by atoms with van der Waals surface area (Å²) in [5, 5.41) is 3.06. The van der Waals surface area contributed by atoms with Crippen LogP contribution in [0.3, 0.4) is 0 Å². The molecule has 2 N–H and O–H groups in total. The average molecular weight is 425 g/mol. The standard InChI is InChI=1S/C19H21ClN2O5S/c1-3-14-6-4-5-7-17(14)21-18(23)12-27-19(24)13(2)22-28(25,26)16-10-8-15(20)9-11-16/h4-11,13,22H,3,12H2,1-2H3,(H,21,23)/t13-/m0/s1. The highest BCUT2D eigenvalue weighted by molar-refractivity contribution is 7.89. The molecule has 0 aliphatic carbocycles. The molecule has 0 fully saturated rings. The molecule has 2 aromatic rings. The fourth-order valence-corrected chi connectivity index (χ4v) is 3.68. The average Bonchev–Trinajstić information content (AvgIpc) is 2.66. The molecule has 0 bridgehead atoms. The minimum absolute atomic E-state index is 0.0366. The molecule has 0 saturated carbocycles. The lowest BCUT2D eigenvalue weighted by atomic mass is 10.1. The molecule has 0 spiro atoms. The number of sulfonamides is 1. The Morgan fingerprint density at radius 3 is 2.39 bits per heavy atom. The molecule has 0 saturated heterocycles. The van der Waals surface area contributed by atoms with Gasteiger partial charge in [-0.05, 0) is 49.2 Å². The number of anilines is 1. The van der Waals surface area contributed by atoms with Gasteiger partial charge in [0.2, 0.25) is 10.0 Å². The summed E-state index contributed by atoms with van der Waals surface area (Å²) < 4.78 is 31.7. The summed E-state index contributed by atoms with van der Waals surface area (Å²) in [7, 11) is -3.93. The van der Waals surface area contributed by atoms with Gasteiger partial charge < -0.3 is 10.1 Å². The minimum atomic E-state index is -3.93. The van der Waals surface area contributed by atoms with E-state index in [0.717, 1.165) is 12.0 Å². The summed E-state index contributed by atoms with van der Waals surface area (Å²) in [6.45, 7) is 2.77. The largest absolute Gasteiger partial charge is 0.454 e. The molecule has 7 nitrogen and oxygen atoms in total. The molecular weight excluding hydrogens is 404 g/mol. The molecule has 0 aliphatic rings. The monoisotopic (exact) mass is 424 g/mol. The van der Waals surface area contributed by atoms with Crippen molar-refractivity contribution >= 4 is 39.2 Å². The lowest BCUT2D eigenvalue weighted by molar-refractivity contribution is -0.148. The quantitative estimate of drug-likeness (QED) is 0.634. The Bertz CT molecular complexity index is 945. The SMILES string of the molecule is CCc1ccccc1NC(=O)COC(=O)[C@H](C)NS(=O)(=O)c1ccc(Cl)cc1. The van der Waals surface area contributed by atoms with E-state index in [9.17, 15) is 18.0 Å². The van der Waals surface area contributed by atoms with Crippen LogP contribution in [0.5, 0.6) is 0 Å². The van der Waals surface area contributed by atoms with Crippen molar-refractivity contribution in [3.8, 4) is 0 Å². The number of ether oxygens (including phenoxy) is 1. The second kappa shape index (κ2) is 9.68. The Balaban J connectivity index is 1.89. The Kier molecular flexibility index (Phi) is 7.56. The number of esters is 1. The van der Waals surface area contributed by atoms with Crippen molar-refractivity contribution in [3.05, 3.63) is 59.1 Å². The highest BCUT2D eigenvalue weighted by Crippen LogP contribution is 2.16. The fraction of sp³-hybridized carbons (Fsp3) is 0.263. The number of rotatable bonds is 8. The maximum Gasteiger partial charge on any atom is 0.324 e. The van der Waals surface area contributed by atoms with Crippen molar-refractivity contribution in [2.45, 2.75) is 31.2 Å². The van der Waals surface area contributed by atoms with Gasteiger partial charge in [0.15, 0.2) is 6.61 Å².